The number of aromatic hydroxyl groups is 1. The maximum Gasteiger partial charge on any atom is 0.413 e. The van der Waals surface area contributed by atoms with E-state index in [0.29, 0.717) is 0 Å². The first-order valence-corrected chi connectivity index (χ1v) is 4.29. The van der Waals surface area contributed by atoms with Crippen LogP contribution >= 0.6 is 0 Å². The maximum atomic E-state index is 11.2. The van der Waals surface area contributed by atoms with Gasteiger partial charge in [-0.15, -0.1) is 0 Å². The molecule has 0 aliphatic rings. The van der Waals surface area contributed by atoms with Gasteiger partial charge in [-0.2, -0.15) is 0 Å². The van der Waals surface area contributed by atoms with Gasteiger partial charge in [-0.1, -0.05) is 0 Å². The lowest BCUT2D eigenvalue weighted by atomic mass is 10.2. The molecule has 84 valence electrons. The van der Waals surface area contributed by atoms with E-state index in [2.05, 4.69) is 10.3 Å². The van der Waals surface area contributed by atoms with E-state index in [-0.39, 0.29) is 5.82 Å². The minimum absolute atomic E-state index is 0.116. The van der Waals surface area contributed by atoms with Crippen molar-refractivity contribution in [1.29, 1.82) is 0 Å². The Hall–Kier alpha value is -1.92. The molecular weight excluding hydrogens is 202 g/mol. The van der Waals surface area contributed by atoms with Gasteiger partial charge >= 0.3 is 11.8 Å². The predicted octanol–water partition coefficient (Wildman–Crippen LogP) is 0.756. The minimum atomic E-state index is -0.756. The van der Waals surface area contributed by atoms with Crippen LogP contribution in [0.5, 0.6) is 5.88 Å². The SMILES string of the molecule is CC(C)(C)OC(=O)Nc1[nH]c(=O)[nH]c1O. The molecule has 1 aromatic heterocycles. The summed E-state index contributed by atoms with van der Waals surface area (Å²) < 4.78 is 4.91. The fourth-order valence-corrected chi connectivity index (χ4v) is 0.870. The first-order chi connectivity index (χ1) is 6.78. The van der Waals surface area contributed by atoms with Crippen molar-refractivity contribution >= 4 is 11.9 Å². The number of anilines is 1. The van der Waals surface area contributed by atoms with Crippen LogP contribution in [0, 0.1) is 0 Å². The number of rotatable bonds is 1. The molecular formula is C8H13N3O4. The number of carbonyl (C=O) groups is 1. The molecule has 1 heterocycles. The van der Waals surface area contributed by atoms with Gasteiger partial charge in [-0.25, -0.2) is 9.59 Å². The topological polar surface area (TPSA) is 107 Å². The van der Waals surface area contributed by atoms with Gasteiger partial charge in [0.15, 0.2) is 5.82 Å². The Morgan fingerprint density at radius 2 is 2.00 bits per heavy atom. The number of aromatic nitrogens is 2. The summed E-state index contributed by atoms with van der Waals surface area (Å²) in [6, 6.07) is 0. The summed E-state index contributed by atoms with van der Waals surface area (Å²) in [6.07, 6.45) is -0.756. The highest BCUT2D eigenvalue weighted by molar-refractivity contribution is 5.84. The molecule has 0 radical (unpaired) electrons. The number of aromatic amines is 2. The van der Waals surface area contributed by atoms with Crippen LogP contribution in [0.25, 0.3) is 0 Å². The number of hydrogen-bond acceptors (Lipinski definition) is 4. The van der Waals surface area contributed by atoms with E-state index in [0.717, 1.165) is 0 Å². The molecule has 0 unspecified atom stereocenters. The number of imidazole rings is 1. The van der Waals surface area contributed by atoms with Crippen LogP contribution in [0.3, 0.4) is 0 Å². The van der Waals surface area contributed by atoms with Crippen molar-refractivity contribution < 1.29 is 14.6 Å². The fraction of sp³-hybridized carbons (Fsp3) is 0.500. The molecule has 0 aliphatic heterocycles. The first-order valence-electron chi connectivity index (χ1n) is 4.29. The third-order valence-electron chi connectivity index (χ3n) is 1.33. The second-order valence-electron chi connectivity index (χ2n) is 3.93. The monoisotopic (exact) mass is 215 g/mol. The second kappa shape index (κ2) is 3.68. The van der Waals surface area contributed by atoms with Gasteiger partial charge in [0.25, 0.3) is 0 Å². The van der Waals surface area contributed by atoms with Crippen LogP contribution in [0.4, 0.5) is 10.6 Å². The molecule has 7 heteroatoms. The third-order valence-corrected chi connectivity index (χ3v) is 1.33. The predicted molar refractivity (Wildman–Crippen MR) is 52.9 cm³/mol. The molecule has 1 amide bonds. The maximum absolute atomic E-state index is 11.2. The van der Waals surface area contributed by atoms with Gasteiger partial charge in [0.2, 0.25) is 5.88 Å². The van der Waals surface area contributed by atoms with Crippen LogP contribution in [0.15, 0.2) is 4.79 Å². The first kappa shape index (κ1) is 11.2. The molecule has 0 spiro atoms. The molecule has 0 aromatic carbocycles. The van der Waals surface area contributed by atoms with Crippen LogP contribution in [-0.2, 0) is 4.74 Å². The lowest BCUT2D eigenvalue weighted by molar-refractivity contribution is 0.0634. The summed E-state index contributed by atoms with van der Waals surface area (Å²) in [6.45, 7) is 5.10. The summed E-state index contributed by atoms with van der Waals surface area (Å²) >= 11 is 0. The molecule has 0 atom stereocenters. The van der Waals surface area contributed by atoms with Crippen molar-refractivity contribution in [1.82, 2.24) is 9.97 Å². The Kier molecular flexibility index (Phi) is 2.74. The third kappa shape index (κ3) is 3.37. The summed E-state index contributed by atoms with van der Waals surface area (Å²) in [7, 11) is 0. The van der Waals surface area contributed by atoms with Crippen molar-refractivity contribution in [2.45, 2.75) is 26.4 Å². The van der Waals surface area contributed by atoms with Gasteiger partial charge in [0, 0.05) is 0 Å². The van der Waals surface area contributed by atoms with E-state index < -0.39 is 23.3 Å². The normalized spacial score (nSPS) is 11.1. The fourth-order valence-electron chi connectivity index (χ4n) is 0.870. The number of H-pyrrole nitrogens is 2. The van der Waals surface area contributed by atoms with Crippen LogP contribution in [0.2, 0.25) is 0 Å². The highest BCUT2D eigenvalue weighted by Gasteiger charge is 2.18. The molecule has 4 N–H and O–H groups in total. The number of carbonyl (C=O) groups excluding carboxylic acids is 1. The molecule has 0 fully saturated rings. The van der Waals surface area contributed by atoms with E-state index in [1.807, 2.05) is 4.98 Å². The molecule has 0 saturated carbocycles. The average molecular weight is 215 g/mol. The van der Waals surface area contributed by atoms with Crippen LogP contribution in [-0.4, -0.2) is 26.8 Å². The smallest absolute Gasteiger partial charge is 0.413 e. The summed E-state index contributed by atoms with van der Waals surface area (Å²) in [5, 5.41) is 11.3. The summed E-state index contributed by atoms with van der Waals surface area (Å²) in [5.41, 5.74) is -1.26. The second-order valence-corrected chi connectivity index (χ2v) is 3.93. The van der Waals surface area contributed by atoms with Gasteiger partial charge in [-0.05, 0) is 20.8 Å². The van der Waals surface area contributed by atoms with Crippen LogP contribution < -0.4 is 11.0 Å². The van der Waals surface area contributed by atoms with Crippen molar-refractivity contribution in [2.75, 3.05) is 5.32 Å². The Balaban J connectivity index is 2.67. The van der Waals surface area contributed by atoms with Crippen LogP contribution in [0.1, 0.15) is 20.8 Å². The Morgan fingerprint density at radius 3 is 2.40 bits per heavy atom. The minimum Gasteiger partial charge on any atom is -0.492 e. The molecule has 1 rings (SSSR count). The molecule has 0 saturated heterocycles. The van der Waals surface area contributed by atoms with E-state index in [9.17, 15) is 9.59 Å². The summed E-state index contributed by atoms with van der Waals surface area (Å²) in [4.78, 5) is 26.2. The van der Waals surface area contributed by atoms with Crippen molar-refractivity contribution in [2.24, 2.45) is 0 Å². The Labute approximate surface area is 85.5 Å². The lowest BCUT2D eigenvalue weighted by Crippen LogP contribution is -2.27. The average Bonchev–Trinajstić information content (AvgIpc) is 2.25. The highest BCUT2D eigenvalue weighted by atomic mass is 16.6. The van der Waals surface area contributed by atoms with E-state index in [4.69, 9.17) is 9.84 Å². The molecule has 0 aliphatic carbocycles. The number of nitrogens with one attached hydrogen (secondary N) is 3. The standard InChI is InChI=1S/C8H13N3O4/c1-8(2,3)15-7(14)10-4-5(12)11-6(13)9-4/h12H,1-3H3,(H,10,14)(H2,9,11,13). The van der Waals surface area contributed by atoms with Gasteiger partial charge in [-0.3, -0.25) is 15.3 Å². The molecule has 1 aromatic rings. The van der Waals surface area contributed by atoms with Gasteiger partial charge < -0.3 is 9.84 Å². The van der Waals surface area contributed by atoms with Crippen molar-refractivity contribution in [3.63, 3.8) is 0 Å². The zero-order valence-corrected chi connectivity index (χ0v) is 8.67. The number of ether oxygens (including phenoxy) is 1. The quantitative estimate of drug-likeness (QED) is 0.554. The zero-order valence-electron chi connectivity index (χ0n) is 8.67. The van der Waals surface area contributed by atoms with Crippen molar-refractivity contribution in [3.05, 3.63) is 10.5 Å². The molecule has 0 bridgehead atoms. The Bertz CT molecular complexity index is 412. The Morgan fingerprint density at radius 1 is 1.40 bits per heavy atom. The largest absolute Gasteiger partial charge is 0.492 e. The van der Waals surface area contributed by atoms with E-state index >= 15 is 0 Å². The molecule has 15 heavy (non-hydrogen) atoms. The molecule has 7 nitrogen and oxygen atoms in total. The number of amides is 1. The zero-order chi connectivity index (χ0) is 11.6. The van der Waals surface area contributed by atoms with Gasteiger partial charge in [0.1, 0.15) is 5.60 Å². The van der Waals surface area contributed by atoms with E-state index in [1.165, 1.54) is 0 Å². The van der Waals surface area contributed by atoms with Crippen molar-refractivity contribution in [3.8, 4) is 5.88 Å². The highest BCUT2D eigenvalue weighted by Crippen LogP contribution is 2.15. The number of hydrogen-bond donors (Lipinski definition) is 4. The van der Waals surface area contributed by atoms with E-state index in [1.54, 1.807) is 20.8 Å². The summed E-state index contributed by atoms with van der Waals surface area (Å²) in [5.74, 6) is -0.555. The lowest BCUT2D eigenvalue weighted by Gasteiger charge is -2.19. The van der Waals surface area contributed by atoms with Gasteiger partial charge in [0.05, 0.1) is 0 Å².